The minimum Gasteiger partial charge on any atom is -0.506 e. The molecule has 164 valence electrons. The van der Waals surface area contributed by atoms with Gasteiger partial charge in [-0.3, -0.25) is 4.98 Å². The van der Waals surface area contributed by atoms with Crippen molar-refractivity contribution in [2.45, 2.75) is 91.1 Å². The fraction of sp³-hybridized carbons (Fsp3) is 0.741. The third-order valence-corrected chi connectivity index (χ3v) is 10.2. The largest absolute Gasteiger partial charge is 0.506 e. The molecule has 8 atom stereocenters. The SMILES string of the molecule is Cc1cnc([C@H](C)[C@H]2CC[C@H]3[C@@H]4CC=C5C[C@@H](O)CC[C@]5(C)[C@H]4CC[C@@]23C)c(O)c1. The van der Waals surface area contributed by atoms with E-state index in [4.69, 9.17) is 0 Å². The van der Waals surface area contributed by atoms with E-state index >= 15 is 0 Å². The summed E-state index contributed by atoms with van der Waals surface area (Å²) in [4.78, 5) is 4.66. The van der Waals surface area contributed by atoms with Crippen molar-refractivity contribution in [2.75, 3.05) is 0 Å². The summed E-state index contributed by atoms with van der Waals surface area (Å²) >= 11 is 0. The molecule has 3 heteroatoms. The number of aromatic hydroxyl groups is 1. The zero-order valence-electron chi connectivity index (χ0n) is 19.2. The first-order chi connectivity index (χ1) is 14.2. The van der Waals surface area contributed by atoms with Crippen LogP contribution in [0.5, 0.6) is 5.75 Å². The Bertz CT molecular complexity index is 862. The summed E-state index contributed by atoms with van der Waals surface area (Å²) in [6, 6.07) is 1.87. The van der Waals surface area contributed by atoms with Crippen LogP contribution in [0.1, 0.15) is 89.3 Å². The van der Waals surface area contributed by atoms with E-state index in [2.05, 4.69) is 31.8 Å². The molecule has 0 radical (unpaired) electrons. The smallest absolute Gasteiger partial charge is 0.137 e. The maximum absolute atomic E-state index is 10.6. The zero-order chi connectivity index (χ0) is 21.3. The molecule has 0 unspecified atom stereocenters. The molecule has 0 spiro atoms. The Balaban J connectivity index is 1.43. The number of aliphatic hydroxyl groups is 1. The highest BCUT2D eigenvalue weighted by molar-refractivity contribution is 5.33. The number of aryl methyl sites for hydroxylation is 1. The molecule has 0 saturated heterocycles. The van der Waals surface area contributed by atoms with Gasteiger partial charge in [0.05, 0.1) is 11.8 Å². The van der Waals surface area contributed by atoms with Crippen molar-refractivity contribution in [2.24, 2.45) is 34.5 Å². The molecular formula is C27H39NO2. The topological polar surface area (TPSA) is 53.4 Å². The van der Waals surface area contributed by atoms with Crippen molar-refractivity contribution < 1.29 is 10.2 Å². The number of hydrogen-bond donors (Lipinski definition) is 2. The van der Waals surface area contributed by atoms with Crippen LogP contribution < -0.4 is 0 Å². The highest BCUT2D eigenvalue weighted by Gasteiger charge is 2.59. The summed E-state index contributed by atoms with van der Waals surface area (Å²) in [6.07, 6.45) is 13.7. The van der Waals surface area contributed by atoms with Crippen molar-refractivity contribution in [3.63, 3.8) is 0 Å². The third kappa shape index (κ3) is 2.91. The average molecular weight is 410 g/mol. The van der Waals surface area contributed by atoms with Gasteiger partial charge in [-0.25, -0.2) is 0 Å². The molecule has 1 aromatic heterocycles. The number of aliphatic hydroxyl groups excluding tert-OH is 1. The minimum atomic E-state index is -0.124. The van der Waals surface area contributed by atoms with Crippen LogP contribution in [0.2, 0.25) is 0 Å². The molecule has 0 aromatic carbocycles. The molecule has 4 aliphatic carbocycles. The lowest BCUT2D eigenvalue weighted by Crippen LogP contribution is -2.50. The van der Waals surface area contributed by atoms with Crippen LogP contribution in [0.3, 0.4) is 0 Å². The predicted octanol–water partition coefficient (Wildman–Crippen LogP) is 6.14. The first-order valence-corrected chi connectivity index (χ1v) is 12.3. The van der Waals surface area contributed by atoms with E-state index in [1.165, 1.54) is 32.1 Å². The summed E-state index contributed by atoms with van der Waals surface area (Å²) < 4.78 is 0. The molecule has 3 nitrogen and oxygen atoms in total. The molecule has 0 aliphatic heterocycles. The van der Waals surface area contributed by atoms with Gasteiger partial charge >= 0.3 is 0 Å². The fourth-order valence-electron chi connectivity index (χ4n) is 8.61. The molecule has 3 fully saturated rings. The number of nitrogens with zero attached hydrogens (tertiary/aromatic N) is 1. The molecule has 0 amide bonds. The predicted molar refractivity (Wildman–Crippen MR) is 120 cm³/mol. The van der Waals surface area contributed by atoms with Gasteiger partial charge in [-0.05, 0) is 104 Å². The van der Waals surface area contributed by atoms with Crippen LogP contribution in [0.4, 0.5) is 0 Å². The number of aromatic nitrogens is 1. The Morgan fingerprint density at radius 2 is 1.90 bits per heavy atom. The standard InChI is InChI=1S/C27H39NO2/c1-16-13-24(30)25(28-15-16)17(2)21-7-8-22-20-6-5-18-14-19(29)9-11-26(18,3)23(20)10-12-27(21,22)4/h5,13,15,17,19-23,29-30H,6-12,14H2,1-4H3/t17-,19+,20+,21-,22+,23+,26+,27+/m1/s1. The zero-order valence-corrected chi connectivity index (χ0v) is 19.2. The monoisotopic (exact) mass is 409 g/mol. The van der Waals surface area contributed by atoms with E-state index in [-0.39, 0.29) is 6.10 Å². The molecule has 1 aromatic rings. The van der Waals surface area contributed by atoms with Crippen LogP contribution in [-0.4, -0.2) is 21.3 Å². The van der Waals surface area contributed by atoms with Crippen molar-refractivity contribution in [1.29, 1.82) is 0 Å². The molecular weight excluding hydrogens is 370 g/mol. The van der Waals surface area contributed by atoms with Crippen molar-refractivity contribution in [3.05, 3.63) is 35.2 Å². The molecule has 5 rings (SSSR count). The minimum absolute atomic E-state index is 0.124. The van der Waals surface area contributed by atoms with E-state index < -0.39 is 0 Å². The van der Waals surface area contributed by atoms with Gasteiger partial charge in [0, 0.05) is 12.1 Å². The van der Waals surface area contributed by atoms with Gasteiger partial charge in [0.2, 0.25) is 0 Å². The number of allylic oxidation sites excluding steroid dienone is 1. The highest BCUT2D eigenvalue weighted by Crippen LogP contribution is 2.67. The van der Waals surface area contributed by atoms with E-state index in [1.807, 2.05) is 19.2 Å². The summed E-state index contributed by atoms with van der Waals surface area (Å²) in [6.45, 7) is 9.35. The fourth-order valence-corrected chi connectivity index (χ4v) is 8.61. The molecule has 30 heavy (non-hydrogen) atoms. The van der Waals surface area contributed by atoms with Crippen molar-refractivity contribution >= 4 is 0 Å². The second-order valence-electron chi connectivity index (χ2n) is 11.6. The average Bonchev–Trinajstić information content (AvgIpc) is 3.05. The van der Waals surface area contributed by atoms with Gasteiger partial charge in [0.15, 0.2) is 0 Å². The van der Waals surface area contributed by atoms with Gasteiger partial charge in [-0.15, -0.1) is 0 Å². The Morgan fingerprint density at radius 3 is 2.67 bits per heavy atom. The van der Waals surface area contributed by atoms with E-state index in [9.17, 15) is 10.2 Å². The van der Waals surface area contributed by atoms with Gasteiger partial charge < -0.3 is 10.2 Å². The molecule has 1 heterocycles. The van der Waals surface area contributed by atoms with Gasteiger partial charge in [-0.2, -0.15) is 0 Å². The van der Waals surface area contributed by atoms with Crippen LogP contribution >= 0.6 is 0 Å². The summed E-state index contributed by atoms with van der Waals surface area (Å²) in [5.74, 6) is 3.61. The molecule has 0 bridgehead atoms. The van der Waals surface area contributed by atoms with Crippen LogP contribution in [0.25, 0.3) is 0 Å². The Labute approximate surface area is 182 Å². The maximum atomic E-state index is 10.6. The van der Waals surface area contributed by atoms with Crippen LogP contribution in [0.15, 0.2) is 23.9 Å². The van der Waals surface area contributed by atoms with Gasteiger partial charge in [-0.1, -0.05) is 32.4 Å². The highest BCUT2D eigenvalue weighted by atomic mass is 16.3. The van der Waals surface area contributed by atoms with Gasteiger partial charge in [0.1, 0.15) is 5.75 Å². The van der Waals surface area contributed by atoms with E-state index in [1.54, 1.807) is 5.57 Å². The first-order valence-electron chi connectivity index (χ1n) is 12.3. The lowest BCUT2D eigenvalue weighted by atomic mass is 9.47. The first kappa shape index (κ1) is 20.5. The number of pyridine rings is 1. The second kappa shape index (κ2) is 7.08. The molecule has 3 saturated carbocycles. The number of fused-ring (bicyclic) bond motifs is 5. The number of rotatable bonds is 2. The quantitative estimate of drug-likeness (QED) is 0.577. The second-order valence-corrected chi connectivity index (χ2v) is 11.6. The van der Waals surface area contributed by atoms with E-state index in [0.29, 0.717) is 28.4 Å². The van der Waals surface area contributed by atoms with Crippen molar-refractivity contribution in [1.82, 2.24) is 4.98 Å². The van der Waals surface area contributed by atoms with Crippen LogP contribution in [-0.2, 0) is 0 Å². The number of hydrogen-bond acceptors (Lipinski definition) is 3. The maximum Gasteiger partial charge on any atom is 0.137 e. The van der Waals surface area contributed by atoms with Crippen LogP contribution in [0, 0.1) is 41.4 Å². The van der Waals surface area contributed by atoms with Crippen molar-refractivity contribution in [3.8, 4) is 5.75 Å². The Morgan fingerprint density at radius 1 is 1.10 bits per heavy atom. The molecule has 4 aliphatic rings. The van der Waals surface area contributed by atoms with E-state index in [0.717, 1.165) is 48.3 Å². The summed E-state index contributed by atoms with van der Waals surface area (Å²) in [5, 5.41) is 20.8. The normalized spacial score (nSPS) is 43.9. The summed E-state index contributed by atoms with van der Waals surface area (Å²) in [7, 11) is 0. The Kier molecular flexibility index (Phi) is 4.85. The lowest BCUT2D eigenvalue weighted by Gasteiger charge is -2.58. The summed E-state index contributed by atoms with van der Waals surface area (Å²) in [5.41, 5.74) is 4.13. The molecule has 2 N–H and O–H groups in total. The Hall–Kier alpha value is -1.35. The third-order valence-electron chi connectivity index (χ3n) is 10.2. The lowest BCUT2D eigenvalue weighted by molar-refractivity contribution is -0.0526. The van der Waals surface area contributed by atoms with Gasteiger partial charge in [0.25, 0.3) is 0 Å².